The van der Waals surface area contributed by atoms with Crippen molar-refractivity contribution < 1.29 is 24.2 Å². The monoisotopic (exact) mass is 673 g/mol. The number of aliphatic hydroxyl groups is 1. The van der Waals surface area contributed by atoms with E-state index in [0.29, 0.717) is 24.9 Å². The van der Waals surface area contributed by atoms with Crippen LogP contribution in [0, 0.1) is 11.8 Å². The Kier molecular flexibility index (Phi) is 11.4. The number of rotatable bonds is 17. The highest BCUT2D eigenvalue weighted by atomic mass is 32.2. The second-order valence-corrected chi connectivity index (χ2v) is 15.3. The lowest BCUT2D eigenvalue weighted by Gasteiger charge is -2.39. The molecule has 6 atom stereocenters. The first-order valence-electron chi connectivity index (χ1n) is 17.4. The number of unbranched alkanes of at least 4 members (excludes halogenated alkanes) is 2. The van der Waals surface area contributed by atoms with Crippen molar-refractivity contribution >= 4 is 40.9 Å². The third kappa shape index (κ3) is 6.56. The zero-order valence-corrected chi connectivity index (χ0v) is 29.5. The number of esters is 1. The fraction of sp³-hybridized carbons (Fsp3) is 0.513. The number of carbonyl (C=O) groups excluding carboxylic acids is 3. The van der Waals surface area contributed by atoms with Gasteiger partial charge in [0.2, 0.25) is 5.91 Å². The SMILES string of the molecule is C=CCCCCOC(=O)[C@@H]1[C@H]2C(=O)N([C@@H](CO)Cc3ccccc3)C(C(=O)N(CC=C)c3ccc(N(CC)CC)cc3)C23CC[C@@]1(C)S3. The number of benzene rings is 2. The van der Waals surface area contributed by atoms with Crippen LogP contribution in [-0.4, -0.2) is 82.2 Å². The molecule has 1 spiro atoms. The summed E-state index contributed by atoms with van der Waals surface area (Å²) in [6.07, 6.45) is 7.69. The van der Waals surface area contributed by atoms with Crippen LogP contribution < -0.4 is 9.80 Å². The van der Waals surface area contributed by atoms with Gasteiger partial charge in [0, 0.05) is 35.8 Å². The molecule has 2 bridgehead atoms. The Bertz CT molecular complexity index is 1460. The number of fused-ring (bicyclic) bond motifs is 1. The Morgan fingerprint density at radius 1 is 1.04 bits per heavy atom. The molecule has 48 heavy (non-hydrogen) atoms. The normalized spacial score (nSPS) is 26.2. The number of nitrogens with zero attached hydrogens (tertiary/aromatic N) is 3. The zero-order chi connectivity index (χ0) is 34.5. The summed E-state index contributed by atoms with van der Waals surface area (Å²) in [4.78, 5) is 49.4. The molecule has 2 amide bonds. The molecule has 2 aromatic rings. The first-order valence-corrected chi connectivity index (χ1v) is 18.2. The molecule has 3 heterocycles. The molecule has 0 aromatic heterocycles. The molecule has 9 heteroatoms. The molecule has 3 fully saturated rings. The minimum Gasteiger partial charge on any atom is -0.465 e. The maximum Gasteiger partial charge on any atom is 0.311 e. The van der Waals surface area contributed by atoms with Gasteiger partial charge in [0.05, 0.1) is 35.8 Å². The van der Waals surface area contributed by atoms with Gasteiger partial charge in [-0.3, -0.25) is 14.4 Å². The lowest BCUT2D eigenvalue weighted by atomic mass is 9.66. The molecule has 0 radical (unpaired) electrons. The van der Waals surface area contributed by atoms with Crippen molar-refractivity contribution in [3.05, 3.63) is 85.5 Å². The second kappa shape index (κ2) is 15.3. The maximum absolute atomic E-state index is 15.1. The van der Waals surface area contributed by atoms with Crippen LogP contribution in [0.25, 0.3) is 0 Å². The maximum atomic E-state index is 15.1. The number of amides is 2. The van der Waals surface area contributed by atoms with Gasteiger partial charge in [-0.1, -0.05) is 42.5 Å². The van der Waals surface area contributed by atoms with E-state index in [-0.39, 0.29) is 37.5 Å². The number of anilines is 2. The van der Waals surface area contributed by atoms with Crippen LogP contribution in [0.5, 0.6) is 0 Å². The molecule has 3 aliphatic rings. The number of thioether (sulfide) groups is 1. The summed E-state index contributed by atoms with van der Waals surface area (Å²) < 4.78 is 4.47. The second-order valence-electron chi connectivity index (χ2n) is 13.4. The van der Waals surface area contributed by atoms with Crippen LogP contribution in [0.4, 0.5) is 11.4 Å². The highest BCUT2D eigenvalue weighted by molar-refractivity contribution is 8.02. The molecule has 5 rings (SSSR count). The standard InChI is InChI=1S/C39H51N3O5S/c1-6-10-11-15-25-47-37(46)33-32-35(44)42(31(27-43)26-28-16-13-12-14-17-28)34(39(32)23-22-38(33,5)48-39)36(45)41(24-7-2)30-20-18-29(19-21-30)40(8-3)9-4/h6-7,12-14,16-21,31-34,43H,1-2,8-11,15,22-27H2,3-5H3/t31-,32+,33+,34?,38-,39?/m1/s1. The largest absolute Gasteiger partial charge is 0.465 e. The quantitative estimate of drug-likeness (QED) is 0.125. The minimum atomic E-state index is -0.879. The van der Waals surface area contributed by atoms with Gasteiger partial charge in [0.15, 0.2) is 0 Å². The lowest BCUT2D eigenvalue weighted by molar-refractivity contribution is -0.156. The molecule has 0 aliphatic carbocycles. The number of ether oxygens (including phenoxy) is 1. The van der Waals surface area contributed by atoms with E-state index in [0.717, 1.165) is 43.6 Å². The summed E-state index contributed by atoms with van der Waals surface area (Å²) in [6.45, 7) is 16.0. The fourth-order valence-electron chi connectivity index (χ4n) is 8.22. The van der Waals surface area contributed by atoms with Crippen molar-refractivity contribution in [1.82, 2.24) is 4.90 Å². The van der Waals surface area contributed by atoms with Crippen molar-refractivity contribution in [2.45, 2.75) is 80.9 Å². The third-order valence-electron chi connectivity index (χ3n) is 10.5. The van der Waals surface area contributed by atoms with E-state index in [2.05, 4.69) is 38.8 Å². The topological polar surface area (TPSA) is 90.4 Å². The Balaban J connectivity index is 1.55. The Labute approximate surface area is 290 Å². The first-order chi connectivity index (χ1) is 23.2. The summed E-state index contributed by atoms with van der Waals surface area (Å²) in [5.41, 5.74) is 2.74. The number of hydrogen-bond acceptors (Lipinski definition) is 7. The zero-order valence-electron chi connectivity index (χ0n) is 28.7. The van der Waals surface area contributed by atoms with Crippen molar-refractivity contribution in [2.75, 3.05) is 42.6 Å². The van der Waals surface area contributed by atoms with Gasteiger partial charge in [-0.2, -0.15) is 0 Å². The summed E-state index contributed by atoms with van der Waals surface area (Å²) in [5.74, 6) is -2.24. The van der Waals surface area contributed by atoms with Crippen LogP contribution in [-0.2, 0) is 25.5 Å². The van der Waals surface area contributed by atoms with E-state index in [1.807, 2.05) is 60.7 Å². The number of allylic oxidation sites excluding steroid dienone is 1. The van der Waals surface area contributed by atoms with Crippen molar-refractivity contribution in [2.24, 2.45) is 11.8 Å². The predicted octanol–water partition coefficient (Wildman–Crippen LogP) is 6.04. The van der Waals surface area contributed by atoms with Crippen molar-refractivity contribution in [3.63, 3.8) is 0 Å². The molecular formula is C39H51N3O5S. The van der Waals surface area contributed by atoms with Crippen LogP contribution in [0.15, 0.2) is 79.9 Å². The fourth-order valence-corrected chi connectivity index (χ4v) is 10.5. The number of aliphatic hydroxyl groups excluding tert-OH is 1. The third-order valence-corrected chi connectivity index (χ3v) is 12.5. The number of likely N-dealkylation sites (tertiary alicyclic amines) is 1. The van der Waals surface area contributed by atoms with E-state index in [4.69, 9.17) is 4.74 Å². The molecule has 3 saturated heterocycles. The molecule has 2 unspecified atom stereocenters. The molecule has 2 aromatic carbocycles. The summed E-state index contributed by atoms with van der Waals surface area (Å²) >= 11 is 1.62. The highest BCUT2D eigenvalue weighted by Crippen LogP contribution is 2.72. The van der Waals surface area contributed by atoms with Crippen molar-refractivity contribution in [1.29, 1.82) is 0 Å². The minimum absolute atomic E-state index is 0.219. The van der Waals surface area contributed by atoms with Gasteiger partial charge in [0.25, 0.3) is 5.91 Å². The average Bonchev–Trinajstić information content (AvgIpc) is 3.67. The molecular weight excluding hydrogens is 623 g/mol. The van der Waals surface area contributed by atoms with Gasteiger partial charge >= 0.3 is 5.97 Å². The Morgan fingerprint density at radius 2 is 1.73 bits per heavy atom. The van der Waals surface area contributed by atoms with Gasteiger partial charge in [-0.25, -0.2) is 0 Å². The molecule has 3 aliphatic heterocycles. The van der Waals surface area contributed by atoms with E-state index in [1.54, 1.807) is 27.6 Å². The van der Waals surface area contributed by atoms with Crippen LogP contribution in [0.3, 0.4) is 0 Å². The lowest BCUT2D eigenvalue weighted by Crippen LogP contribution is -2.58. The van der Waals surface area contributed by atoms with Crippen LogP contribution >= 0.6 is 11.8 Å². The molecule has 8 nitrogen and oxygen atoms in total. The predicted molar refractivity (Wildman–Crippen MR) is 194 cm³/mol. The Hall–Kier alpha value is -3.56. The van der Waals surface area contributed by atoms with E-state index in [9.17, 15) is 14.7 Å². The summed E-state index contributed by atoms with van der Waals surface area (Å²) in [5, 5.41) is 10.9. The number of carbonyl (C=O) groups is 3. The van der Waals surface area contributed by atoms with Crippen LogP contribution in [0.1, 0.15) is 58.4 Å². The van der Waals surface area contributed by atoms with E-state index in [1.165, 1.54) is 0 Å². The summed E-state index contributed by atoms with van der Waals surface area (Å²) in [6, 6.07) is 16.1. The van der Waals surface area contributed by atoms with Gasteiger partial charge < -0.3 is 24.5 Å². The summed E-state index contributed by atoms with van der Waals surface area (Å²) in [7, 11) is 0. The first kappa shape index (κ1) is 35.7. The molecule has 0 saturated carbocycles. The molecule has 258 valence electrons. The Morgan fingerprint density at radius 3 is 2.35 bits per heavy atom. The number of hydrogen-bond donors (Lipinski definition) is 1. The van der Waals surface area contributed by atoms with Gasteiger partial charge in [-0.15, -0.1) is 24.9 Å². The van der Waals surface area contributed by atoms with E-state index >= 15 is 4.79 Å². The van der Waals surface area contributed by atoms with Crippen molar-refractivity contribution in [3.8, 4) is 0 Å². The highest BCUT2D eigenvalue weighted by Gasteiger charge is 2.78. The average molecular weight is 674 g/mol. The smallest absolute Gasteiger partial charge is 0.311 e. The van der Waals surface area contributed by atoms with Gasteiger partial charge in [0.1, 0.15) is 6.04 Å². The van der Waals surface area contributed by atoms with E-state index < -0.39 is 33.4 Å². The van der Waals surface area contributed by atoms with Crippen LogP contribution in [0.2, 0.25) is 0 Å². The molecule has 1 N–H and O–H groups in total. The van der Waals surface area contributed by atoms with Gasteiger partial charge in [-0.05, 0) is 89.1 Å².